The summed E-state index contributed by atoms with van der Waals surface area (Å²) < 4.78 is 2.31. The van der Waals surface area contributed by atoms with Gasteiger partial charge in [-0.25, -0.2) is 15.0 Å². The van der Waals surface area contributed by atoms with Crippen LogP contribution in [0.25, 0.3) is 87.4 Å². The van der Waals surface area contributed by atoms with Crippen LogP contribution in [0.2, 0.25) is 5.02 Å². The highest BCUT2D eigenvalue weighted by molar-refractivity contribution is 7.26. The highest BCUT2D eigenvalue weighted by Crippen LogP contribution is 2.42. The molecule has 0 fully saturated rings. The summed E-state index contributed by atoms with van der Waals surface area (Å²) in [6, 6.07) is 54.6. The fourth-order valence-corrected chi connectivity index (χ4v) is 7.92. The maximum atomic E-state index is 7.10. The number of fused-ring (bicyclic) bond motifs is 4. The minimum absolute atomic E-state index is 0.582. The standard InChI is InChI=1S/C43H26ClN3S/c44-37-24-35(26-39-40(37)36-23-32-14-7-8-15-33(32)25-38(36)48-39)43-46-41(30-20-18-29(19-21-30)27-10-3-1-4-11-27)45-42(47-43)34-17-9-16-31(22-34)28-12-5-2-6-13-28/h1-26H. The Labute approximate surface area is 286 Å². The molecule has 9 rings (SSSR count). The number of hydrogen-bond acceptors (Lipinski definition) is 4. The van der Waals surface area contributed by atoms with Gasteiger partial charge in [-0.3, -0.25) is 0 Å². The summed E-state index contributed by atoms with van der Waals surface area (Å²) in [6.07, 6.45) is 0. The third-order valence-corrected chi connectivity index (χ3v) is 10.2. The molecule has 48 heavy (non-hydrogen) atoms. The molecule has 0 aliphatic rings. The molecule has 0 amide bonds. The van der Waals surface area contributed by atoms with Crippen molar-refractivity contribution in [2.75, 3.05) is 0 Å². The van der Waals surface area contributed by atoms with Crippen LogP contribution in [0.1, 0.15) is 0 Å². The van der Waals surface area contributed by atoms with Crippen LogP contribution in [0.15, 0.2) is 158 Å². The highest BCUT2D eigenvalue weighted by atomic mass is 35.5. The molecule has 2 aromatic heterocycles. The van der Waals surface area contributed by atoms with Gasteiger partial charge in [0.15, 0.2) is 17.5 Å². The molecule has 0 spiro atoms. The smallest absolute Gasteiger partial charge is 0.164 e. The number of aromatic nitrogens is 3. The lowest BCUT2D eigenvalue weighted by molar-refractivity contribution is 1.07. The maximum Gasteiger partial charge on any atom is 0.164 e. The Morgan fingerprint density at radius 3 is 1.60 bits per heavy atom. The van der Waals surface area contributed by atoms with E-state index in [1.54, 1.807) is 11.3 Å². The van der Waals surface area contributed by atoms with E-state index >= 15 is 0 Å². The molecule has 0 unspecified atom stereocenters. The van der Waals surface area contributed by atoms with Gasteiger partial charge in [0.2, 0.25) is 0 Å². The molecule has 2 heterocycles. The summed E-state index contributed by atoms with van der Waals surface area (Å²) in [5, 5.41) is 5.33. The fraction of sp³-hybridized carbons (Fsp3) is 0. The lowest BCUT2D eigenvalue weighted by Crippen LogP contribution is -2.00. The Morgan fingerprint density at radius 1 is 0.375 bits per heavy atom. The van der Waals surface area contributed by atoms with Crippen molar-refractivity contribution in [1.82, 2.24) is 15.0 Å². The van der Waals surface area contributed by atoms with Gasteiger partial charge in [0.05, 0.1) is 5.02 Å². The first-order chi connectivity index (χ1) is 23.7. The van der Waals surface area contributed by atoms with E-state index in [4.69, 9.17) is 26.6 Å². The Hall–Kier alpha value is -5.68. The topological polar surface area (TPSA) is 38.7 Å². The molecule has 0 N–H and O–H groups in total. The molecule has 0 saturated carbocycles. The van der Waals surface area contributed by atoms with Crippen LogP contribution in [0.4, 0.5) is 0 Å². The monoisotopic (exact) mass is 651 g/mol. The molecule has 0 atom stereocenters. The second kappa shape index (κ2) is 11.8. The van der Waals surface area contributed by atoms with Crippen LogP contribution in [-0.2, 0) is 0 Å². The van der Waals surface area contributed by atoms with Crippen LogP contribution in [0, 0.1) is 0 Å². The predicted molar refractivity (Wildman–Crippen MR) is 202 cm³/mol. The summed E-state index contributed by atoms with van der Waals surface area (Å²) in [6.45, 7) is 0. The largest absolute Gasteiger partial charge is 0.208 e. The molecular weight excluding hydrogens is 626 g/mol. The molecule has 0 aliphatic heterocycles. The van der Waals surface area contributed by atoms with Gasteiger partial charge in [-0.1, -0.05) is 139 Å². The van der Waals surface area contributed by atoms with E-state index in [9.17, 15) is 0 Å². The van der Waals surface area contributed by atoms with E-state index in [-0.39, 0.29) is 0 Å². The molecule has 0 bridgehead atoms. The van der Waals surface area contributed by atoms with E-state index < -0.39 is 0 Å². The van der Waals surface area contributed by atoms with E-state index in [2.05, 4.69) is 140 Å². The second-order valence-electron chi connectivity index (χ2n) is 11.8. The Balaban J connectivity index is 1.21. The lowest BCUT2D eigenvalue weighted by Gasteiger charge is -2.11. The second-order valence-corrected chi connectivity index (χ2v) is 13.3. The maximum absolute atomic E-state index is 7.10. The van der Waals surface area contributed by atoms with Crippen molar-refractivity contribution in [3.63, 3.8) is 0 Å². The average molecular weight is 652 g/mol. The highest BCUT2D eigenvalue weighted by Gasteiger charge is 2.17. The van der Waals surface area contributed by atoms with Gasteiger partial charge in [-0.2, -0.15) is 0 Å². The van der Waals surface area contributed by atoms with Crippen LogP contribution in [0.3, 0.4) is 0 Å². The minimum atomic E-state index is 0.582. The van der Waals surface area contributed by atoms with Crippen molar-refractivity contribution in [2.24, 2.45) is 0 Å². The number of thiophene rings is 1. The van der Waals surface area contributed by atoms with Crippen LogP contribution in [0.5, 0.6) is 0 Å². The number of hydrogen-bond donors (Lipinski definition) is 0. The number of nitrogens with zero attached hydrogens (tertiary/aromatic N) is 3. The Kier molecular flexibility index (Phi) is 7.04. The van der Waals surface area contributed by atoms with Crippen LogP contribution < -0.4 is 0 Å². The first-order valence-corrected chi connectivity index (χ1v) is 17.0. The zero-order valence-corrected chi connectivity index (χ0v) is 27.2. The molecule has 7 aromatic carbocycles. The van der Waals surface area contributed by atoms with E-state index in [1.165, 1.54) is 20.9 Å². The van der Waals surface area contributed by atoms with Crippen molar-refractivity contribution >= 4 is 53.9 Å². The van der Waals surface area contributed by atoms with E-state index in [0.717, 1.165) is 49.0 Å². The van der Waals surface area contributed by atoms with Gasteiger partial charge in [-0.15, -0.1) is 11.3 Å². The van der Waals surface area contributed by atoms with Gasteiger partial charge < -0.3 is 0 Å². The van der Waals surface area contributed by atoms with Crippen LogP contribution >= 0.6 is 22.9 Å². The van der Waals surface area contributed by atoms with E-state index in [0.29, 0.717) is 22.5 Å². The molecule has 0 aliphatic carbocycles. The average Bonchev–Trinajstić information content (AvgIpc) is 3.52. The molecule has 0 saturated heterocycles. The van der Waals surface area contributed by atoms with E-state index in [1.807, 2.05) is 18.2 Å². The normalized spacial score (nSPS) is 11.4. The fourth-order valence-electron chi connectivity index (χ4n) is 6.34. The van der Waals surface area contributed by atoms with Gasteiger partial charge in [0.25, 0.3) is 0 Å². The van der Waals surface area contributed by atoms with Gasteiger partial charge in [0, 0.05) is 36.9 Å². The molecule has 0 radical (unpaired) electrons. The Bertz CT molecular complexity index is 2610. The summed E-state index contributed by atoms with van der Waals surface area (Å²) in [7, 11) is 0. The third kappa shape index (κ3) is 5.22. The first-order valence-electron chi connectivity index (χ1n) is 15.8. The summed E-state index contributed by atoms with van der Waals surface area (Å²) in [5.74, 6) is 1.80. The summed E-state index contributed by atoms with van der Waals surface area (Å²) >= 11 is 8.84. The molecule has 226 valence electrons. The number of rotatable bonds is 5. The molecular formula is C43H26ClN3S. The van der Waals surface area contributed by atoms with Crippen molar-refractivity contribution in [1.29, 1.82) is 0 Å². The molecule has 3 nitrogen and oxygen atoms in total. The first kappa shape index (κ1) is 28.5. The zero-order valence-electron chi connectivity index (χ0n) is 25.6. The van der Waals surface area contributed by atoms with Crippen molar-refractivity contribution in [2.45, 2.75) is 0 Å². The number of benzene rings is 7. The quantitative estimate of drug-likeness (QED) is 0.186. The predicted octanol–water partition coefficient (Wildman–Crippen LogP) is 12.4. The van der Waals surface area contributed by atoms with Gasteiger partial charge in [-0.05, 0) is 63.4 Å². The van der Waals surface area contributed by atoms with Crippen molar-refractivity contribution < 1.29 is 0 Å². The SMILES string of the molecule is Clc1cc(-c2nc(-c3ccc(-c4ccccc4)cc3)nc(-c3cccc(-c4ccccc4)c3)n2)cc2sc3cc4ccccc4cc3c12. The van der Waals surface area contributed by atoms with Gasteiger partial charge in [0.1, 0.15) is 0 Å². The zero-order chi connectivity index (χ0) is 32.0. The lowest BCUT2D eigenvalue weighted by atomic mass is 10.0. The Morgan fingerprint density at radius 2 is 0.896 bits per heavy atom. The van der Waals surface area contributed by atoms with Crippen LogP contribution in [-0.4, -0.2) is 15.0 Å². The summed E-state index contributed by atoms with van der Waals surface area (Å²) in [5.41, 5.74) is 7.24. The van der Waals surface area contributed by atoms with Crippen molar-refractivity contribution in [3.05, 3.63) is 163 Å². The number of halogens is 1. The summed E-state index contributed by atoms with van der Waals surface area (Å²) in [4.78, 5) is 15.2. The minimum Gasteiger partial charge on any atom is -0.208 e. The van der Waals surface area contributed by atoms with Gasteiger partial charge >= 0.3 is 0 Å². The molecule has 9 aromatic rings. The molecule has 5 heteroatoms. The third-order valence-electron chi connectivity index (χ3n) is 8.76. The van der Waals surface area contributed by atoms with Crippen molar-refractivity contribution in [3.8, 4) is 56.4 Å².